The molecule has 0 saturated carbocycles. The van der Waals surface area contributed by atoms with E-state index in [0.29, 0.717) is 5.41 Å². The molecule has 0 aliphatic heterocycles. The highest BCUT2D eigenvalue weighted by Gasteiger charge is 2.16. The van der Waals surface area contributed by atoms with Gasteiger partial charge in [0.15, 0.2) is 0 Å². The average molecular weight is 154 g/mol. The van der Waals surface area contributed by atoms with Gasteiger partial charge in [0.2, 0.25) is 0 Å². The highest BCUT2D eigenvalue weighted by molar-refractivity contribution is 4.85. The van der Waals surface area contributed by atoms with Crippen LogP contribution in [0.15, 0.2) is 12.2 Å². The Kier molecular flexibility index (Phi) is 4.48. The molecule has 0 heterocycles. The number of allylic oxidation sites excluding steroid dienone is 2. The molecule has 0 aromatic carbocycles. The third kappa shape index (κ3) is 5.06. The van der Waals surface area contributed by atoms with Crippen LogP contribution in [0.4, 0.5) is 0 Å². The molecule has 0 saturated heterocycles. The van der Waals surface area contributed by atoms with Gasteiger partial charge in [-0.15, -0.1) is 0 Å². The normalized spacial score (nSPS) is 15.7. The third-order valence-electron chi connectivity index (χ3n) is 2.35. The van der Waals surface area contributed by atoms with Crippen molar-refractivity contribution in [3.05, 3.63) is 12.2 Å². The van der Waals surface area contributed by atoms with Gasteiger partial charge in [0.05, 0.1) is 0 Å². The largest absolute Gasteiger partial charge is 0.0914 e. The average Bonchev–Trinajstić information content (AvgIpc) is 1.87. The predicted octanol–water partition coefficient (Wildman–Crippen LogP) is 4.02. The summed E-state index contributed by atoms with van der Waals surface area (Å²) < 4.78 is 0. The molecule has 0 bridgehead atoms. The van der Waals surface area contributed by atoms with E-state index < -0.39 is 0 Å². The molecule has 0 fully saturated rings. The second kappa shape index (κ2) is 4.58. The molecular weight excluding hydrogens is 132 g/mol. The van der Waals surface area contributed by atoms with Crippen molar-refractivity contribution in [1.82, 2.24) is 0 Å². The smallest absolute Gasteiger partial charge is 0.0257 e. The van der Waals surface area contributed by atoms with E-state index in [1.54, 1.807) is 0 Å². The van der Waals surface area contributed by atoms with E-state index in [-0.39, 0.29) is 0 Å². The molecule has 1 unspecified atom stereocenters. The van der Waals surface area contributed by atoms with Crippen molar-refractivity contribution in [3.63, 3.8) is 0 Å². The molecule has 0 nitrogen and oxygen atoms in total. The molecule has 0 N–H and O–H groups in total. The summed E-state index contributed by atoms with van der Waals surface area (Å²) in [5.74, 6) is 0.731. The van der Waals surface area contributed by atoms with Gasteiger partial charge in [-0.1, -0.05) is 46.3 Å². The Balaban J connectivity index is 3.82. The summed E-state index contributed by atoms with van der Waals surface area (Å²) in [6.07, 6.45) is 7.01. The van der Waals surface area contributed by atoms with Gasteiger partial charge in [0.1, 0.15) is 0 Å². The molecule has 11 heavy (non-hydrogen) atoms. The van der Waals surface area contributed by atoms with E-state index >= 15 is 0 Å². The molecule has 0 spiro atoms. The Morgan fingerprint density at radius 3 is 2.27 bits per heavy atom. The van der Waals surface area contributed by atoms with Crippen LogP contribution in [-0.2, 0) is 0 Å². The predicted molar refractivity (Wildman–Crippen MR) is 52.7 cm³/mol. The van der Waals surface area contributed by atoms with Crippen molar-refractivity contribution < 1.29 is 0 Å². The Morgan fingerprint density at radius 2 is 1.91 bits per heavy atom. The lowest BCUT2D eigenvalue weighted by atomic mass is 9.81. The fourth-order valence-electron chi connectivity index (χ4n) is 1.41. The summed E-state index contributed by atoms with van der Waals surface area (Å²) in [5, 5.41) is 0. The molecule has 0 aromatic heterocycles. The van der Waals surface area contributed by atoms with Crippen molar-refractivity contribution >= 4 is 0 Å². The van der Waals surface area contributed by atoms with Crippen LogP contribution in [0.25, 0.3) is 0 Å². The monoisotopic (exact) mass is 154 g/mol. The summed E-state index contributed by atoms with van der Waals surface area (Å²) in [7, 11) is 0. The first-order chi connectivity index (χ1) is 5.02. The van der Waals surface area contributed by atoms with Crippen LogP contribution in [0.3, 0.4) is 0 Å². The van der Waals surface area contributed by atoms with Gasteiger partial charge in [0, 0.05) is 0 Å². The van der Waals surface area contributed by atoms with Crippen LogP contribution < -0.4 is 0 Å². The maximum absolute atomic E-state index is 2.34. The molecule has 1 atom stereocenters. The minimum Gasteiger partial charge on any atom is -0.0914 e. The van der Waals surface area contributed by atoms with Crippen LogP contribution in [0, 0.1) is 11.3 Å². The summed E-state index contributed by atoms with van der Waals surface area (Å²) in [5.41, 5.74) is 0.513. The zero-order valence-electron chi connectivity index (χ0n) is 8.65. The first-order valence-electron chi connectivity index (χ1n) is 4.64. The Morgan fingerprint density at radius 1 is 1.36 bits per heavy atom. The van der Waals surface area contributed by atoms with Gasteiger partial charge in [-0.3, -0.25) is 0 Å². The van der Waals surface area contributed by atoms with E-state index in [4.69, 9.17) is 0 Å². The Labute approximate surface area is 71.7 Å². The van der Waals surface area contributed by atoms with Crippen LogP contribution >= 0.6 is 0 Å². The molecule has 0 heteroatoms. The van der Waals surface area contributed by atoms with Gasteiger partial charge in [-0.05, 0) is 24.7 Å². The summed E-state index contributed by atoms with van der Waals surface area (Å²) in [6, 6.07) is 0. The molecule has 66 valence electrons. The van der Waals surface area contributed by atoms with Crippen molar-refractivity contribution in [2.24, 2.45) is 11.3 Å². The maximum Gasteiger partial charge on any atom is -0.0257 e. The molecule has 0 aromatic rings. The Bertz CT molecular complexity index is 120. The molecule has 0 aliphatic carbocycles. The van der Waals surface area contributed by atoms with E-state index in [0.717, 1.165) is 5.92 Å². The van der Waals surface area contributed by atoms with Crippen LogP contribution in [0.1, 0.15) is 47.5 Å². The van der Waals surface area contributed by atoms with E-state index in [2.05, 4.69) is 46.8 Å². The fraction of sp³-hybridized carbons (Fsp3) is 0.818. The number of hydrogen-bond acceptors (Lipinski definition) is 0. The van der Waals surface area contributed by atoms with Crippen molar-refractivity contribution in [3.8, 4) is 0 Å². The van der Waals surface area contributed by atoms with Crippen molar-refractivity contribution in [2.45, 2.75) is 47.5 Å². The standard InChI is InChI=1S/C11H22/c1-6-8-10(3)9-11(4,5)7-2/h6,8,10H,7,9H2,1-5H3. The van der Waals surface area contributed by atoms with E-state index in [9.17, 15) is 0 Å². The quantitative estimate of drug-likeness (QED) is 0.536. The van der Waals surface area contributed by atoms with Gasteiger partial charge >= 0.3 is 0 Å². The zero-order chi connectivity index (χ0) is 8.91. The van der Waals surface area contributed by atoms with Gasteiger partial charge in [-0.25, -0.2) is 0 Å². The lowest BCUT2D eigenvalue weighted by Gasteiger charge is -2.24. The second-order valence-corrected chi connectivity index (χ2v) is 4.22. The molecule has 0 radical (unpaired) electrons. The van der Waals surface area contributed by atoms with Gasteiger partial charge in [0.25, 0.3) is 0 Å². The van der Waals surface area contributed by atoms with Gasteiger partial charge < -0.3 is 0 Å². The van der Waals surface area contributed by atoms with Gasteiger partial charge in [-0.2, -0.15) is 0 Å². The summed E-state index contributed by atoms with van der Waals surface area (Å²) >= 11 is 0. The van der Waals surface area contributed by atoms with E-state index in [1.807, 2.05) is 0 Å². The lowest BCUT2D eigenvalue weighted by Crippen LogP contribution is -2.13. The third-order valence-corrected chi connectivity index (χ3v) is 2.35. The zero-order valence-corrected chi connectivity index (χ0v) is 8.65. The molecule has 0 amide bonds. The first-order valence-corrected chi connectivity index (χ1v) is 4.64. The molecule has 0 rings (SSSR count). The second-order valence-electron chi connectivity index (χ2n) is 4.22. The SMILES string of the molecule is CC=CC(C)CC(C)(C)CC. The van der Waals surface area contributed by atoms with Crippen LogP contribution in [-0.4, -0.2) is 0 Å². The lowest BCUT2D eigenvalue weighted by molar-refractivity contribution is 0.290. The van der Waals surface area contributed by atoms with Crippen LogP contribution in [0.5, 0.6) is 0 Å². The number of hydrogen-bond donors (Lipinski definition) is 0. The van der Waals surface area contributed by atoms with Crippen LogP contribution in [0.2, 0.25) is 0 Å². The van der Waals surface area contributed by atoms with E-state index in [1.165, 1.54) is 12.8 Å². The van der Waals surface area contributed by atoms with Crippen molar-refractivity contribution in [1.29, 1.82) is 0 Å². The minimum absolute atomic E-state index is 0.513. The highest BCUT2D eigenvalue weighted by atomic mass is 14.2. The maximum atomic E-state index is 2.34. The minimum atomic E-state index is 0.513. The number of rotatable bonds is 4. The Hall–Kier alpha value is -0.260. The summed E-state index contributed by atoms with van der Waals surface area (Å²) in [4.78, 5) is 0. The highest BCUT2D eigenvalue weighted by Crippen LogP contribution is 2.28. The fourth-order valence-corrected chi connectivity index (χ4v) is 1.41. The van der Waals surface area contributed by atoms with Crippen molar-refractivity contribution in [2.75, 3.05) is 0 Å². The molecule has 0 aliphatic rings. The summed E-state index contributed by atoms with van der Waals surface area (Å²) in [6.45, 7) is 11.3. The first kappa shape index (κ1) is 10.7. The molecular formula is C11H22. The topological polar surface area (TPSA) is 0 Å².